The van der Waals surface area contributed by atoms with Crippen molar-refractivity contribution in [2.45, 2.75) is 38.3 Å². The molecule has 126 valence electrons. The van der Waals surface area contributed by atoms with Gasteiger partial charge in [-0.25, -0.2) is 0 Å². The van der Waals surface area contributed by atoms with Gasteiger partial charge in [0, 0.05) is 12.7 Å². The number of amides is 1. The van der Waals surface area contributed by atoms with Gasteiger partial charge < -0.3 is 14.8 Å². The minimum Gasteiger partial charge on any atom is -0.485 e. The van der Waals surface area contributed by atoms with E-state index in [9.17, 15) is 4.79 Å². The van der Waals surface area contributed by atoms with Crippen LogP contribution in [0, 0.1) is 0 Å². The molecular weight excluding hydrogens is 306 g/mol. The van der Waals surface area contributed by atoms with Gasteiger partial charge in [-0.3, -0.25) is 9.48 Å². The molecule has 0 radical (unpaired) electrons. The van der Waals surface area contributed by atoms with E-state index in [4.69, 9.17) is 9.47 Å². The molecule has 1 amide bonds. The van der Waals surface area contributed by atoms with Gasteiger partial charge in [0.05, 0.1) is 12.2 Å². The quantitative estimate of drug-likeness (QED) is 0.933. The molecule has 2 aliphatic rings. The summed E-state index contributed by atoms with van der Waals surface area (Å²) in [6, 6.07) is 7.39. The van der Waals surface area contributed by atoms with E-state index in [1.54, 1.807) is 0 Å². The summed E-state index contributed by atoms with van der Waals surface area (Å²) in [7, 11) is 1.98. The van der Waals surface area contributed by atoms with Gasteiger partial charge in [-0.15, -0.1) is 0 Å². The summed E-state index contributed by atoms with van der Waals surface area (Å²) in [5, 5.41) is 7.52. The Balaban J connectivity index is 1.41. The number of carbonyl (C=O) groups is 1. The Hall–Kier alpha value is -2.50. The molecular formula is C18H21N3O3. The standard InChI is InChI=1S/C18H21N3O3/c1-21-14-7-3-2-6-12(14)13(20-21)10-19-18(22)17-11-23-15-8-4-5-9-16(15)24-17/h4-5,8-9,17H,2-3,6-7,10-11H2,1H3,(H,19,22). The van der Waals surface area contributed by atoms with Crippen LogP contribution < -0.4 is 14.8 Å². The maximum absolute atomic E-state index is 12.4. The summed E-state index contributed by atoms with van der Waals surface area (Å²) in [5.74, 6) is 1.12. The molecule has 1 aromatic heterocycles. The molecule has 2 heterocycles. The van der Waals surface area contributed by atoms with Crippen molar-refractivity contribution in [3.05, 3.63) is 41.2 Å². The number of aromatic nitrogens is 2. The Bertz CT molecular complexity index is 769. The number of ether oxygens (including phenoxy) is 2. The van der Waals surface area contributed by atoms with E-state index in [1.165, 1.54) is 24.1 Å². The number of benzene rings is 1. The minimum absolute atomic E-state index is 0.167. The highest BCUT2D eigenvalue weighted by atomic mass is 16.6. The average Bonchev–Trinajstić information content (AvgIpc) is 2.95. The molecule has 24 heavy (non-hydrogen) atoms. The van der Waals surface area contributed by atoms with Gasteiger partial charge in [0.25, 0.3) is 5.91 Å². The Morgan fingerprint density at radius 1 is 1.29 bits per heavy atom. The van der Waals surface area contributed by atoms with Crippen LogP contribution in [0.2, 0.25) is 0 Å². The van der Waals surface area contributed by atoms with Gasteiger partial charge >= 0.3 is 0 Å². The molecule has 1 aromatic carbocycles. The lowest BCUT2D eigenvalue weighted by molar-refractivity contribution is -0.130. The number of aryl methyl sites for hydroxylation is 1. The third-order valence-corrected chi connectivity index (χ3v) is 4.68. The predicted octanol–water partition coefficient (Wildman–Crippen LogP) is 1.76. The molecule has 0 saturated heterocycles. The van der Waals surface area contributed by atoms with E-state index in [1.807, 2.05) is 36.0 Å². The highest BCUT2D eigenvalue weighted by Crippen LogP contribution is 2.31. The van der Waals surface area contributed by atoms with Crippen LogP contribution in [-0.4, -0.2) is 28.4 Å². The monoisotopic (exact) mass is 327 g/mol. The van der Waals surface area contributed by atoms with Crippen LogP contribution in [0.5, 0.6) is 11.5 Å². The summed E-state index contributed by atoms with van der Waals surface area (Å²) in [5.41, 5.74) is 3.57. The number of fused-ring (bicyclic) bond motifs is 2. The van der Waals surface area contributed by atoms with Crippen LogP contribution in [-0.2, 0) is 31.2 Å². The SMILES string of the molecule is Cn1nc(CNC(=O)C2COc3ccccc3O2)c2c1CCCC2. The van der Waals surface area contributed by atoms with Crippen molar-refractivity contribution >= 4 is 5.91 Å². The molecule has 0 bridgehead atoms. The van der Waals surface area contributed by atoms with E-state index in [2.05, 4.69) is 10.4 Å². The maximum atomic E-state index is 12.4. The van der Waals surface area contributed by atoms with Crippen molar-refractivity contribution in [1.29, 1.82) is 0 Å². The van der Waals surface area contributed by atoms with Gasteiger partial charge in [0.2, 0.25) is 6.10 Å². The molecule has 1 unspecified atom stereocenters. The van der Waals surface area contributed by atoms with Gasteiger partial charge in [-0.1, -0.05) is 12.1 Å². The zero-order valence-corrected chi connectivity index (χ0v) is 13.7. The lowest BCUT2D eigenvalue weighted by atomic mass is 9.96. The fourth-order valence-corrected chi connectivity index (χ4v) is 3.43. The molecule has 6 nitrogen and oxygen atoms in total. The Morgan fingerprint density at radius 3 is 2.96 bits per heavy atom. The normalized spacial score (nSPS) is 18.8. The third kappa shape index (κ3) is 2.72. The predicted molar refractivity (Wildman–Crippen MR) is 88.0 cm³/mol. The number of nitrogens with zero attached hydrogens (tertiary/aromatic N) is 2. The summed E-state index contributed by atoms with van der Waals surface area (Å²) in [6.45, 7) is 0.659. The molecule has 1 atom stereocenters. The Kier molecular flexibility index (Phi) is 3.88. The molecule has 6 heteroatoms. The van der Waals surface area contributed by atoms with E-state index in [-0.39, 0.29) is 12.5 Å². The molecule has 1 N–H and O–H groups in total. The third-order valence-electron chi connectivity index (χ3n) is 4.68. The second-order valence-electron chi connectivity index (χ2n) is 6.28. The first-order chi connectivity index (χ1) is 11.7. The van der Waals surface area contributed by atoms with Crippen LogP contribution in [0.4, 0.5) is 0 Å². The lowest BCUT2D eigenvalue weighted by Gasteiger charge is -2.25. The minimum atomic E-state index is -0.626. The second-order valence-corrected chi connectivity index (χ2v) is 6.28. The molecule has 1 aliphatic heterocycles. The lowest BCUT2D eigenvalue weighted by Crippen LogP contribution is -2.43. The van der Waals surface area contributed by atoms with Gasteiger partial charge in [-0.2, -0.15) is 5.10 Å². The van der Waals surface area contributed by atoms with Crippen molar-refractivity contribution in [3.63, 3.8) is 0 Å². The molecule has 1 aliphatic carbocycles. The zero-order valence-electron chi connectivity index (χ0n) is 13.7. The summed E-state index contributed by atoms with van der Waals surface area (Å²) in [6.07, 6.45) is 3.90. The fourth-order valence-electron chi connectivity index (χ4n) is 3.43. The van der Waals surface area contributed by atoms with E-state index >= 15 is 0 Å². The first-order valence-electron chi connectivity index (χ1n) is 8.42. The van der Waals surface area contributed by atoms with Gasteiger partial charge in [0.1, 0.15) is 6.61 Å². The average molecular weight is 327 g/mol. The van der Waals surface area contributed by atoms with E-state index in [0.29, 0.717) is 18.0 Å². The van der Waals surface area contributed by atoms with Crippen molar-refractivity contribution in [3.8, 4) is 11.5 Å². The van der Waals surface area contributed by atoms with Gasteiger partial charge in [0.15, 0.2) is 11.5 Å². The Morgan fingerprint density at radius 2 is 2.08 bits per heavy atom. The van der Waals surface area contributed by atoms with Crippen molar-refractivity contribution < 1.29 is 14.3 Å². The zero-order chi connectivity index (χ0) is 16.5. The number of carbonyl (C=O) groups excluding carboxylic acids is 1. The van der Waals surface area contributed by atoms with Crippen molar-refractivity contribution in [2.75, 3.05) is 6.61 Å². The number of rotatable bonds is 3. The highest BCUT2D eigenvalue weighted by molar-refractivity contribution is 5.81. The summed E-state index contributed by atoms with van der Waals surface area (Å²) >= 11 is 0. The Labute approximate surface area is 140 Å². The molecule has 2 aromatic rings. The van der Waals surface area contributed by atoms with Crippen molar-refractivity contribution in [1.82, 2.24) is 15.1 Å². The van der Waals surface area contributed by atoms with Crippen LogP contribution in [0.1, 0.15) is 29.8 Å². The second kappa shape index (κ2) is 6.19. The number of nitrogens with one attached hydrogen (secondary N) is 1. The van der Waals surface area contributed by atoms with E-state index in [0.717, 1.165) is 18.5 Å². The topological polar surface area (TPSA) is 65.4 Å². The molecule has 0 saturated carbocycles. The van der Waals surface area contributed by atoms with Gasteiger partial charge in [-0.05, 0) is 43.4 Å². The highest BCUT2D eigenvalue weighted by Gasteiger charge is 2.28. The van der Waals surface area contributed by atoms with E-state index < -0.39 is 6.10 Å². The molecule has 4 rings (SSSR count). The first-order valence-corrected chi connectivity index (χ1v) is 8.42. The largest absolute Gasteiger partial charge is 0.485 e. The first kappa shape index (κ1) is 15.1. The number of hydrogen-bond donors (Lipinski definition) is 1. The van der Waals surface area contributed by atoms with Crippen LogP contribution in [0.25, 0.3) is 0 Å². The molecule has 0 fully saturated rings. The molecule has 0 spiro atoms. The van der Waals surface area contributed by atoms with Crippen LogP contribution in [0.15, 0.2) is 24.3 Å². The van der Waals surface area contributed by atoms with Crippen LogP contribution >= 0.6 is 0 Å². The van der Waals surface area contributed by atoms with Crippen LogP contribution in [0.3, 0.4) is 0 Å². The fraction of sp³-hybridized carbons (Fsp3) is 0.444. The summed E-state index contributed by atoms with van der Waals surface area (Å²) < 4.78 is 13.3. The number of para-hydroxylation sites is 2. The van der Waals surface area contributed by atoms with Crippen molar-refractivity contribution in [2.24, 2.45) is 7.05 Å². The smallest absolute Gasteiger partial charge is 0.265 e. The number of hydrogen-bond acceptors (Lipinski definition) is 4. The maximum Gasteiger partial charge on any atom is 0.265 e. The summed E-state index contributed by atoms with van der Waals surface area (Å²) in [4.78, 5) is 12.4.